The highest BCUT2D eigenvalue weighted by molar-refractivity contribution is 5.76. The number of hydrogen-bond donors (Lipinski definition) is 0. The molecule has 0 bridgehead atoms. The van der Waals surface area contributed by atoms with E-state index in [1.807, 2.05) is 23.8 Å². The Bertz CT molecular complexity index is 191. The van der Waals surface area contributed by atoms with Gasteiger partial charge in [0.25, 0.3) is 0 Å². The molecule has 0 aromatic carbocycles. The van der Waals surface area contributed by atoms with Crippen LogP contribution < -0.4 is 0 Å². The van der Waals surface area contributed by atoms with Gasteiger partial charge in [0, 0.05) is 20.1 Å². The summed E-state index contributed by atoms with van der Waals surface area (Å²) in [6.07, 6.45) is 1.11. The SMILES string of the molecule is CCN1CC(CC(C)C)N(C)C1=O. The smallest absolute Gasteiger partial charge is 0.320 e. The van der Waals surface area contributed by atoms with Crippen LogP contribution in [0.5, 0.6) is 0 Å². The maximum atomic E-state index is 11.6. The first-order chi connectivity index (χ1) is 6.06. The van der Waals surface area contributed by atoms with Crippen molar-refractivity contribution in [3.63, 3.8) is 0 Å². The van der Waals surface area contributed by atoms with E-state index in [1.54, 1.807) is 0 Å². The van der Waals surface area contributed by atoms with Crippen molar-refractivity contribution in [1.29, 1.82) is 0 Å². The predicted molar refractivity (Wildman–Crippen MR) is 53.6 cm³/mol. The molecule has 0 aliphatic carbocycles. The fourth-order valence-electron chi connectivity index (χ4n) is 1.88. The van der Waals surface area contributed by atoms with Crippen molar-refractivity contribution in [1.82, 2.24) is 9.80 Å². The van der Waals surface area contributed by atoms with Crippen LogP contribution in [-0.4, -0.2) is 42.0 Å². The Morgan fingerprint density at radius 2 is 2.15 bits per heavy atom. The number of urea groups is 1. The van der Waals surface area contributed by atoms with E-state index in [-0.39, 0.29) is 6.03 Å². The minimum absolute atomic E-state index is 0.188. The second-order valence-corrected chi connectivity index (χ2v) is 4.22. The molecular formula is C10H20N2O. The lowest BCUT2D eigenvalue weighted by Gasteiger charge is -2.19. The van der Waals surface area contributed by atoms with Crippen LogP contribution in [0.2, 0.25) is 0 Å². The molecule has 0 saturated carbocycles. The molecule has 3 nitrogen and oxygen atoms in total. The number of amides is 2. The van der Waals surface area contributed by atoms with Crippen molar-refractivity contribution in [3.05, 3.63) is 0 Å². The summed E-state index contributed by atoms with van der Waals surface area (Å²) in [5.41, 5.74) is 0. The van der Waals surface area contributed by atoms with Gasteiger partial charge in [0.05, 0.1) is 6.04 Å². The minimum atomic E-state index is 0.188. The van der Waals surface area contributed by atoms with Gasteiger partial charge in [-0.2, -0.15) is 0 Å². The zero-order valence-electron chi connectivity index (χ0n) is 9.08. The lowest BCUT2D eigenvalue weighted by Crippen LogP contribution is -2.31. The Morgan fingerprint density at radius 1 is 1.54 bits per heavy atom. The predicted octanol–water partition coefficient (Wildman–Crippen LogP) is 1.79. The van der Waals surface area contributed by atoms with E-state index >= 15 is 0 Å². The van der Waals surface area contributed by atoms with E-state index in [1.165, 1.54) is 0 Å². The van der Waals surface area contributed by atoms with E-state index in [0.29, 0.717) is 12.0 Å². The van der Waals surface area contributed by atoms with Crippen molar-refractivity contribution in [2.24, 2.45) is 5.92 Å². The monoisotopic (exact) mass is 184 g/mol. The molecule has 0 aromatic heterocycles. The van der Waals surface area contributed by atoms with Crippen LogP contribution in [0.25, 0.3) is 0 Å². The molecule has 2 amide bonds. The molecule has 1 atom stereocenters. The summed E-state index contributed by atoms with van der Waals surface area (Å²) in [5.74, 6) is 0.664. The van der Waals surface area contributed by atoms with Crippen molar-refractivity contribution in [2.75, 3.05) is 20.1 Å². The highest BCUT2D eigenvalue weighted by Crippen LogP contribution is 2.19. The third kappa shape index (κ3) is 2.14. The lowest BCUT2D eigenvalue weighted by molar-refractivity contribution is 0.195. The first-order valence-corrected chi connectivity index (χ1v) is 5.08. The van der Waals surface area contributed by atoms with Crippen LogP contribution >= 0.6 is 0 Å². The molecule has 1 aliphatic heterocycles. The van der Waals surface area contributed by atoms with Crippen LogP contribution in [-0.2, 0) is 0 Å². The number of carbonyl (C=O) groups is 1. The summed E-state index contributed by atoms with van der Waals surface area (Å²) in [5, 5.41) is 0. The van der Waals surface area contributed by atoms with E-state index in [0.717, 1.165) is 19.5 Å². The summed E-state index contributed by atoms with van der Waals surface area (Å²) < 4.78 is 0. The molecule has 13 heavy (non-hydrogen) atoms. The van der Waals surface area contributed by atoms with Gasteiger partial charge in [-0.3, -0.25) is 0 Å². The van der Waals surface area contributed by atoms with Gasteiger partial charge in [-0.1, -0.05) is 13.8 Å². The van der Waals surface area contributed by atoms with E-state index in [4.69, 9.17) is 0 Å². The highest BCUT2D eigenvalue weighted by atomic mass is 16.2. The van der Waals surface area contributed by atoms with Crippen LogP contribution in [0.15, 0.2) is 0 Å². The molecule has 1 unspecified atom stereocenters. The molecule has 3 heteroatoms. The third-order valence-corrected chi connectivity index (χ3v) is 2.68. The number of nitrogens with zero attached hydrogens (tertiary/aromatic N) is 2. The quantitative estimate of drug-likeness (QED) is 0.656. The van der Waals surface area contributed by atoms with Crippen LogP contribution in [0.4, 0.5) is 4.79 Å². The maximum Gasteiger partial charge on any atom is 0.320 e. The van der Waals surface area contributed by atoms with Crippen molar-refractivity contribution >= 4 is 6.03 Å². The molecule has 0 spiro atoms. The first kappa shape index (κ1) is 10.4. The van der Waals surface area contributed by atoms with Gasteiger partial charge in [0.15, 0.2) is 0 Å². The minimum Gasteiger partial charge on any atom is -0.323 e. The summed E-state index contributed by atoms with van der Waals surface area (Å²) in [4.78, 5) is 15.4. The topological polar surface area (TPSA) is 23.6 Å². The largest absolute Gasteiger partial charge is 0.323 e. The summed E-state index contributed by atoms with van der Waals surface area (Å²) >= 11 is 0. The maximum absolute atomic E-state index is 11.6. The van der Waals surface area contributed by atoms with E-state index in [9.17, 15) is 4.79 Å². The van der Waals surface area contributed by atoms with Gasteiger partial charge in [0.1, 0.15) is 0 Å². The second-order valence-electron chi connectivity index (χ2n) is 4.22. The molecule has 76 valence electrons. The van der Waals surface area contributed by atoms with Gasteiger partial charge >= 0.3 is 6.03 Å². The molecule has 1 saturated heterocycles. The second kappa shape index (κ2) is 3.99. The summed E-state index contributed by atoms with van der Waals surface area (Å²) in [6, 6.07) is 0.612. The average Bonchev–Trinajstić information content (AvgIpc) is 2.32. The first-order valence-electron chi connectivity index (χ1n) is 5.08. The van der Waals surface area contributed by atoms with Gasteiger partial charge in [-0.15, -0.1) is 0 Å². The standard InChI is InChI=1S/C10H20N2O/c1-5-12-7-9(6-8(2)3)11(4)10(12)13/h8-9H,5-7H2,1-4H3. The van der Waals surface area contributed by atoms with Gasteiger partial charge in [-0.05, 0) is 19.3 Å². The van der Waals surface area contributed by atoms with E-state index < -0.39 is 0 Å². The molecule has 1 heterocycles. The number of hydrogen-bond acceptors (Lipinski definition) is 1. The number of carbonyl (C=O) groups excluding carboxylic acids is 1. The van der Waals surface area contributed by atoms with Crippen molar-refractivity contribution < 1.29 is 4.79 Å². The summed E-state index contributed by atoms with van der Waals surface area (Å²) in [6.45, 7) is 8.17. The zero-order valence-corrected chi connectivity index (χ0v) is 9.08. The lowest BCUT2D eigenvalue weighted by atomic mass is 10.0. The molecule has 1 aliphatic rings. The molecule has 0 radical (unpaired) electrons. The number of likely N-dealkylation sites (N-methyl/N-ethyl adjacent to an activating group) is 2. The van der Waals surface area contributed by atoms with Crippen molar-refractivity contribution in [3.8, 4) is 0 Å². The summed E-state index contributed by atoms with van der Waals surface area (Å²) in [7, 11) is 1.91. The molecule has 1 fully saturated rings. The van der Waals surface area contributed by atoms with Crippen LogP contribution in [0, 0.1) is 5.92 Å². The Hall–Kier alpha value is -0.730. The third-order valence-electron chi connectivity index (χ3n) is 2.68. The van der Waals surface area contributed by atoms with Crippen LogP contribution in [0.1, 0.15) is 27.2 Å². The Morgan fingerprint density at radius 3 is 2.54 bits per heavy atom. The average molecular weight is 184 g/mol. The molecule has 1 rings (SSSR count). The number of rotatable bonds is 3. The Balaban J connectivity index is 2.55. The fraction of sp³-hybridized carbons (Fsp3) is 0.900. The van der Waals surface area contributed by atoms with Crippen molar-refractivity contribution in [2.45, 2.75) is 33.2 Å². The Labute approximate surface area is 80.7 Å². The normalized spacial score (nSPS) is 23.5. The van der Waals surface area contributed by atoms with Crippen LogP contribution in [0.3, 0.4) is 0 Å². The van der Waals surface area contributed by atoms with E-state index in [2.05, 4.69) is 13.8 Å². The molecule has 0 aromatic rings. The van der Waals surface area contributed by atoms with Gasteiger partial charge < -0.3 is 9.80 Å². The molecule has 0 N–H and O–H groups in total. The zero-order chi connectivity index (χ0) is 10.0. The van der Waals surface area contributed by atoms with Gasteiger partial charge in [0.2, 0.25) is 0 Å². The Kier molecular flexibility index (Phi) is 3.17. The van der Waals surface area contributed by atoms with Gasteiger partial charge in [-0.25, -0.2) is 4.79 Å². The highest BCUT2D eigenvalue weighted by Gasteiger charge is 2.33. The molecular weight excluding hydrogens is 164 g/mol. The fourth-order valence-corrected chi connectivity index (χ4v) is 1.88.